The average molecular weight is 474 g/mol. The highest BCUT2D eigenvalue weighted by Gasteiger charge is 2.16. The fourth-order valence-electron chi connectivity index (χ4n) is 3.17. The van der Waals surface area contributed by atoms with E-state index in [1.807, 2.05) is 24.3 Å². The number of sulfone groups is 1. The highest BCUT2D eigenvalue weighted by molar-refractivity contribution is 7.91. The molecule has 4 aromatic rings. The molecule has 0 aliphatic carbocycles. The van der Waals surface area contributed by atoms with Gasteiger partial charge in [0.1, 0.15) is 5.75 Å². The van der Waals surface area contributed by atoms with Gasteiger partial charge in [0.05, 0.1) is 35.3 Å². The lowest BCUT2D eigenvalue weighted by molar-refractivity contribution is 0.416. The van der Waals surface area contributed by atoms with Crippen LogP contribution in [0.3, 0.4) is 0 Å². The molecule has 0 saturated carbocycles. The molecule has 2 aromatic heterocycles. The Balaban J connectivity index is 1.62. The van der Waals surface area contributed by atoms with Crippen molar-refractivity contribution in [2.45, 2.75) is 11.8 Å². The Morgan fingerprint density at radius 1 is 1.12 bits per heavy atom. The van der Waals surface area contributed by atoms with E-state index in [2.05, 4.69) is 30.4 Å². The zero-order chi connectivity index (χ0) is 24.1. The van der Waals surface area contributed by atoms with Crippen LogP contribution in [-0.4, -0.2) is 44.2 Å². The molecule has 2 radical (unpaired) electrons. The van der Waals surface area contributed by atoms with Gasteiger partial charge in [-0.05, 0) is 30.3 Å². The Labute approximate surface area is 197 Å². The second-order valence-electron chi connectivity index (χ2n) is 6.96. The van der Waals surface area contributed by atoms with Crippen molar-refractivity contribution in [3.63, 3.8) is 0 Å². The molecule has 0 unspecified atom stereocenters. The molecule has 0 fully saturated rings. The number of methoxy groups -OCH3 is 1. The highest BCUT2D eigenvalue weighted by Crippen LogP contribution is 2.33. The topological polar surface area (TPSA) is 132 Å². The normalized spacial score (nSPS) is 11.6. The highest BCUT2D eigenvalue weighted by atomic mass is 32.2. The molecule has 2 aromatic carbocycles. The van der Waals surface area contributed by atoms with Crippen LogP contribution in [0, 0.1) is 0 Å². The van der Waals surface area contributed by atoms with E-state index in [1.54, 1.807) is 31.5 Å². The lowest BCUT2D eigenvalue weighted by atomic mass is 10.1. The van der Waals surface area contributed by atoms with Crippen molar-refractivity contribution in [1.82, 2.24) is 15.0 Å². The first-order valence-electron chi connectivity index (χ1n) is 10.1. The Morgan fingerprint density at radius 3 is 2.71 bits per heavy atom. The third-order valence-corrected chi connectivity index (χ3v) is 6.62. The molecule has 170 valence electrons. The summed E-state index contributed by atoms with van der Waals surface area (Å²) in [5, 5.41) is 9.86. The van der Waals surface area contributed by atoms with E-state index in [1.165, 1.54) is 19.2 Å². The van der Waals surface area contributed by atoms with Crippen molar-refractivity contribution in [3.05, 3.63) is 60.9 Å². The van der Waals surface area contributed by atoms with Crippen LogP contribution in [0.5, 0.6) is 5.75 Å². The van der Waals surface area contributed by atoms with Gasteiger partial charge in [-0.15, -0.1) is 5.11 Å². The number of ether oxygens (including phenoxy) is 1. The number of benzene rings is 2. The van der Waals surface area contributed by atoms with Crippen molar-refractivity contribution >= 4 is 35.5 Å². The maximum Gasteiger partial charge on any atom is 0.299 e. The van der Waals surface area contributed by atoms with Crippen LogP contribution in [0.4, 0.5) is 17.7 Å². The van der Waals surface area contributed by atoms with Crippen LogP contribution in [0.15, 0.2) is 80.4 Å². The first-order chi connectivity index (χ1) is 16.4. The van der Waals surface area contributed by atoms with Crippen LogP contribution in [0.1, 0.15) is 6.92 Å². The molecule has 0 saturated heterocycles. The summed E-state index contributed by atoms with van der Waals surface area (Å²) in [4.78, 5) is 12.7. The van der Waals surface area contributed by atoms with E-state index in [0.29, 0.717) is 22.9 Å². The zero-order valence-electron chi connectivity index (χ0n) is 18.3. The van der Waals surface area contributed by atoms with E-state index in [0.717, 1.165) is 11.1 Å². The number of anilines is 2. The van der Waals surface area contributed by atoms with Crippen molar-refractivity contribution in [3.8, 4) is 28.3 Å². The smallest absolute Gasteiger partial charge is 0.299 e. The van der Waals surface area contributed by atoms with Gasteiger partial charge in [0.25, 0.3) is 19.9 Å². The van der Waals surface area contributed by atoms with Crippen LogP contribution >= 0.6 is 0 Å². The van der Waals surface area contributed by atoms with Gasteiger partial charge in [-0.25, -0.2) is 23.4 Å². The third-order valence-electron chi connectivity index (χ3n) is 4.89. The lowest BCUT2D eigenvalue weighted by Crippen LogP contribution is -2.05. The van der Waals surface area contributed by atoms with Gasteiger partial charge in [-0.2, -0.15) is 0 Å². The Hall–Kier alpha value is -4.06. The standard InChI is InChI=1S/C22H19BN6O4S/c1-3-34(30,31)16-7-8-19(32-2)18(12-16)27-22-25-13-20(33-22)15-6-4-5-14(11-15)17-9-10-24-21(26-17)28-29-23/h4-13H,3H2,1-2H3,(H,25,27). The van der Waals surface area contributed by atoms with E-state index < -0.39 is 9.84 Å². The van der Waals surface area contributed by atoms with Crippen molar-refractivity contribution in [2.75, 3.05) is 18.2 Å². The number of hydrogen-bond acceptors (Lipinski definition) is 10. The molecular formula is C22H19BN6O4S. The lowest BCUT2D eigenvalue weighted by Gasteiger charge is -2.11. The van der Waals surface area contributed by atoms with Crippen LogP contribution in [-0.2, 0) is 9.84 Å². The van der Waals surface area contributed by atoms with E-state index in [4.69, 9.17) is 17.1 Å². The molecule has 0 spiro atoms. The summed E-state index contributed by atoms with van der Waals surface area (Å²) in [6.07, 6.45) is 3.13. The Bertz CT molecular complexity index is 1460. The van der Waals surface area contributed by atoms with Crippen LogP contribution < -0.4 is 10.1 Å². The maximum absolute atomic E-state index is 12.3. The summed E-state index contributed by atoms with van der Waals surface area (Å²) < 4.78 is 35.7. The summed E-state index contributed by atoms with van der Waals surface area (Å²) in [5.74, 6) is 1.08. The predicted octanol–water partition coefficient (Wildman–Crippen LogP) is 4.51. The molecule has 0 amide bonds. The summed E-state index contributed by atoms with van der Waals surface area (Å²) in [6.45, 7) is 1.59. The molecule has 10 nitrogen and oxygen atoms in total. The van der Waals surface area contributed by atoms with Gasteiger partial charge >= 0.3 is 0 Å². The van der Waals surface area contributed by atoms with E-state index in [-0.39, 0.29) is 22.6 Å². The quantitative estimate of drug-likeness (QED) is 0.291. The molecule has 0 aliphatic heterocycles. The molecule has 2 heterocycles. The molecule has 12 heteroatoms. The van der Waals surface area contributed by atoms with E-state index >= 15 is 0 Å². The molecule has 4 rings (SSSR count). The molecule has 0 bridgehead atoms. The monoisotopic (exact) mass is 474 g/mol. The number of rotatable bonds is 8. The predicted molar refractivity (Wildman–Crippen MR) is 127 cm³/mol. The van der Waals surface area contributed by atoms with Gasteiger partial charge in [-0.1, -0.05) is 25.1 Å². The molecule has 0 atom stereocenters. The van der Waals surface area contributed by atoms with Crippen molar-refractivity contribution < 1.29 is 17.6 Å². The van der Waals surface area contributed by atoms with Crippen molar-refractivity contribution in [2.24, 2.45) is 10.1 Å². The number of nitrogens with one attached hydrogen (secondary N) is 1. The number of aromatic nitrogens is 3. The van der Waals surface area contributed by atoms with Crippen molar-refractivity contribution in [1.29, 1.82) is 0 Å². The molecule has 34 heavy (non-hydrogen) atoms. The number of nitrogens with zero attached hydrogens (tertiary/aromatic N) is 5. The van der Waals surface area contributed by atoms with Gasteiger partial charge in [0, 0.05) is 17.3 Å². The first-order valence-corrected chi connectivity index (χ1v) is 11.8. The summed E-state index contributed by atoms with van der Waals surface area (Å²) >= 11 is 0. The van der Waals surface area contributed by atoms with Gasteiger partial charge in [0.2, 0.25) is 0 Å². The summed E-state index contributed by atoms with van der Waals surface area (Å²) in [6, 6.07) is 14.0. The minimum absolute atomic E-state index is 0.0127. The number of hydrogen-bond donors (Lipinski definition) is 1. The minimum atomic E-state index is -3.39. The van der Waals surface area contributed by atoms with Crippen LogP contribution in [0.2, 0.25) is 0 Å². The third kappa shape index (κ3) is 4.96. The fraction of sp³-hybridized carbons (Fsp3) is 0.136. The fourth-order valence-corrected chi connectivity index (χ4v) is 4.07. The zero-order valence-corrected chi connectivity index (χ0v) is 19.2. The SMILES string of the molecule is [B]N=Nc1nccc(-c2cccc(-c3cnc(Nc4cc(S(=O)(=O)CC)ccc4OC)o3)c2)n1. The average Bonchev–Trinajstić information content (AvgIpc) is 3.33. The minimum Gasteiger partial charge on any atom is -0.495 e. The maximum atomic E-state index is 12.3. The molecule has 0 aliphatic rings. The van der Waals surface area contributed by atoms with E-state index in [9.17, 15) is 8.42 Å². The Kier molecular flexibility index (Phi) is 6.69. The second-order valence-corrected chi connectivity index (χ2v) is 9.24. The van der Waals surface area contributed by atoms with Crippen LogP contribution in [0.25, 0.3) is 22.6 Å². The van der Waals surface area contributed by atoms with Gasteiger partial charge in [0.15, 0.2) is 15.6 Å². The second kappa shape index (κ2) is 9.83. The molecule has 1 N–H and O–H groups in total. The van der Waals surface area contributed by atoms with Gasteiger partial charge < -0.3 is 14.5 Å². The first kappa shape index (κ1) is 23.1. The molecular weight excluding hydrogens is 455 g/mol. The van der Waals surface area contributed by atoms with Gasteiger partial charge in [-0.3, -0.25) is 5.03 Å². The summed E-state index contributed by atoms with van der Waals surface area (Å²) in [5.41, 5.74) is 2.61. The summed E-state index contributed by atoms with van der Waals surface area (Å²) in [7, 11) is 3.18. The largest absolute Gasteiger partial charge is 0.495 e. The Morgan fingerprint density at radius 2 is 1.94 bits per heavy atom. The number of oxazole rings is 1.